The summed E-state index contributed by atoms with van der Waals surface area (Å²) in [6, 6.07) is 88.4. The van der Waals surface area contributed by atoms with Gasteiger partial charge in [-0.1, -0.05) is 218 Å². The summed E-state index contributed by atoms with van der Waals surface area (Å²) in [5.41, 5.74) is 6.21. The van der Waals surface area contributed by atoms with Gasteiger partial charge in [-0.2, -0.15) is 13.2 Å². The maximum absolute atomic E-state index is 12.8. The minimum Gasteiger partial charge on any atom is -0.493 e. The molecular formula is C86H100F3N5O6S. The van der Waals surface area contributed by atoms with E-state index in [9.17, 15) is 13.2 Å². The molecule has 1 heterocycles. The first kappa shape index (κ1) is 78.9. The van der Waals surface area contributed by atoms with Crippen LogP contribution in [0.4, 0.5) is 13.2 Å². The number of aryl methyl sites for hydroxylation is 2. The van der Waals surface area contributed by atoms with E-state index in [2.05, 4.69) is 173 Å². The van der Waals surface area contributed by atoms with E-state index in [1.807, 2.05) is 157 Å². The van der Waals surface area contributed by atoms with Crippen LogP contribution in [0.15, 0.2) is 278 Å². The summed E-state index contributed by atoms with van der Waals surface area (Å²) in [5.74, 6) is 4.65. The van der Waals surface area contributed by atoms with Crippen molar-refractivity contribution in [3.05, 3.63) is 322 Å². The van der Waals surface area contributed by atoms with Crippen LogP contribution in [0.25, 0.3) is 10.8 Å². The number of halogens is 3. The van der Waals surface area contributed by atoms with Crippen molar-refractivity contribution in [3.8, 4) is 34.5 Å². The SMILES string of the molecule is CNCCC(Oc1cccc(C(F)(F)F)c1)c1ccccc1.CNCCC(Oc1cccc2ccccc12)c1cccs1.CNCCC(Oc1ccccc1OC)c1ccccc1.CNCC[C@@H](Oc1ccccc1C)c1ccccc1.CNCC[C@@H](Oc1ccccc1C)c1ccccc1. The number of rotatable bonds is 31. The van der Waals surface area contributed by atoms with Crippen molar-refractivity contribution in [2.24, 2.45) is 0 Å². The minimum absolute atomic E-state index is 0.0138. The number of nitrogens with one attached hydrogen (secondary N) is 5. The topological polar surface area (TPSA) is 116 Å². The summed E-state index contributed by atoms with van der Waals surface area (Å²) in [6.45, 7) is 8.57. The maximum Gasteiger partial charge on any atom is 0.416 e. The van der Waals surface area contributed by atoms with Crippen LogP contribution in [0.3, 0.4) is 0 Å². The molecule has 11 rings (SSSR count). The molecule has 5 atom stereocenters. The van der Waals surface area contributed by atoms with Crippen LogP contribution in [-0.4, -0.2) is 75.1 Å². The van der Waals surface area contributed by atoms with Gasteiger partial charge >= 0.3 is 6.18 Å². The van der Waals surface area contributed by atoms with E-state index >= 15 is 0 Å². The molecule has 101 heavy (non-hydrogen) atoms. The van der Waals surface area contributed by atoms with Gasteiger partial charge in [0.15, 0.2) is 11.5 Å². The van der Waals surface area contributed by atoms with Crippen molar-refractivity contribution < 1.29 is 41.6 Å². The number of thiophene rings is 1. The van der Waals surface area contributed by atoms with E-state index in [-0.39, 0.29) is 36.3 Å². The van der Waals surface area contributed by atoms with Gasteiger partial charge in [0.25, 0.3) is 0 Å². The smallest absolute Gasteiger partial charge is 0.416 e. The lowest BCUT2D eigenvalue weighted by atomic mass is 10.1. The highest BCUT2D eigenvalue weighted by Crippen LogP contribution is 2.37. The second kappa shape index (κ2) is 44.6. The molecule has 10 aromatic carbocycles. The van der Waals surface area contributed by atoms with Crippen molar-refractivity contribution in [1.82, 2.24) is 26.6 Å². The molecule has 532 valence electrons. The summed E-state index contributed by atoms with van der Waals surface area (Å²) in [7, 11) is 11.3. The molecule has 0 aliphatic carbocycles. The third-order valence-corrected chi connectivity index (χ3v) is 17.3. The zero-order valence-corrected chi connectivity index (χ0v) is 60.3. The number of alkyl halides is 3. The average Bonchev–Trinajstić information content (AvgIpc) is 1.62. The number of para-hydroxylation sites is 4. The lowest BCUT2D eigenvalue weighted by molar-refractivity contribution is -0.137. The predicted molar refractivity (Wildman–Crippen MR) is 410 cm³/mol. The highest BCUT2D eigenvalue weighted by atomic mass is 32.1. The average molecular weight is 1390 g/mol. The zero-order chi connectivity index (χ0) is 71.7. The number of hydrogen-bond acceptors (Lipinski definition) is 12. The Kier molecular flexibility index (Phi) is 34.9. The Balaban J connectivity index is 0.000000177. The first-order valence-electron chi connectivity index (χ1n) is 34.5. The second-order valence-corrected chi connectivity index (χ2v) is 24.8. The lowest BCUT2D eigenvalue weighted by Crippen LogP contribution is -2.16. The predicted octanol–water partition coefficient (Wildman–Crippen LogP) is 19.9. The molecule has 0 bridgehead atoms. The summed E-state index contributed by atoms with van der Waals surface area (Å²) in [5, 5.41) is 20.3. The Morgan fingerprint density at radius 1 is 0.337 bits per heavy atom. The van der Waals surface area contributed by atoms with Gasteiger partial charge < -0.3 is 55.0 Å². The van der Waals surface area contributed by atoms with Crippen molar-refractivity contribution in [2.75, 3.05) is 75.1 Å². The van der Waals surface area contributed by atoms with E-state index in [1.54, 1.807) is 24.5 Å². The molecule has 11 nitrogen and oxygen atoms in total. The zero-order valence-electron chi connectivity index (χ0n) is 59.5. The van der Waals surface area contributed by atoms with E-state index in [1.165, 1.54) is 49.5 Å². The largest absolute Gasteiger partial charge is 0.493 e. The summed E-state index contributed by atoms with van der Waals surface area (Å²) < 4.78 is 74.3. The van der Waals surface area contributed by atoms with Gasteiger partial charge in [0.1, 0.15) is 53.5 Å². The molecule has 5 N–H and O–H groups in total. The molecule has 0 saturated carbocycles. The van der Waals surface area contributed by atoms with Crippen LogP contribution >= 0.6 is 11.3 Å². The van der Waals surface area contributed by atoms with Crippen LogP contribution < -0.4 is 55.0 Å². The standard InChI is InChI=1S/C18H19NOS.C17H18F3NO.C17H21NO2.2C17H21NO/c1-19-12-11-17(18-10-5-13-21-18)20-16-9-4-7-14-6-2-3-8-15(14)16;1-21-11-10-16(13-6-3-2-4-7-13)22-15-9-5-8-14(12-15)17(18,19)20;1-18-13-12-15(14-8-4-3-5-9-14)20-17-11-7-6-10-16(17)19-2;2*1-14-8-6-7-11-16(14)19-17(12-13-18-2)15-9-4-3-5-10-15/h2-10,13,17,19H,11-12H2,1H3;2-9,12,16,21H,10-11H2,1H3;3-11,15,18H,12-13H2,1-2H3;2*3-11,17-18H,12-13H2,1-2H3/t;;;2*17-/m...11/s1. The highest BCUT2D eigenvalue weighted by molar-refractivity contribution is 7.10. The molecule has 0 fully saturated rings. The minimum atomic E-state index is -4.37. The molecular weight excluding hydrogens is 1290 g/mol. The summed E-state index contributed by atoms with van der Waals surface area (Å²) in [6.07, 6.45) is 0.0658. The normalized spacial score (nSPS) is 12.3. The molecule has 0 radical (unpaired) electrons. The number of ether oxygens (including phenoxy) is 6. The van der Waals surface area contributed by atoms with Crippen molar-refractivity contribution in [3.63, 3.8) is 0 Å². The van der Waals surface area contributed by atoms with Gasteiger partial charge in [0.05, 0.1) is 12.7 Å². The molecule has 0 aliphatic rings. The van der Waals surface area contributed by atoms with Gasteiger partial charge in [0, 0.05) is 42.4 Å². The van der Waals surface area contributed by atoms with Crippen LogP contribution in [0.5, 0.6) is 34.5 Å². The maximum atomic E-state index is 12.8. The van der Waals surface area contributed by atoms with E-state index in [4.69, 9.17) is 28.4 Å². The Hall–Kier alpha value is -9.45. The number of methoxy groups -OCH3 is 1. The number of benzene rings is 10. The van der Waals surface area contributed by atoms with E-state index in [0.717, 1.165) is 98.3 Å². The van der Waals surface area contributed by atoms with Gasteiger partial charge in [-0.3, -0.25) is 0 Å². The number of hydrogen-bond donors (Lipinski definition) is 5. The fourth-order valence-electron chi connectivity index (χ4n) is 10.9. The Morgan fingerprint density at radius 3 is 1.10 bits per heavy atom. The molecule has 0 amide bonds. The van der Waals surface area contributed by atoms with E-state index < -0.39 is 11.7 Å². The Bertz CT molecular complexity index is 3890. The van der Waals surface area contributed by atoms with Crippen LogP contribution in [0.2, 0.25) is 0 Å². The van der Waals surface area contributed by atoms with Gasteiger partial charge in [0.2, 0.25) is 0 Å². The van der Waals surface area contributed by atoms with Crippen LogP contribution in [-0.2, 0) is 6.18 Å². The Labute approximate surface area is 601 Å². The van der Waals surface area contributed by atoms with E-state index in [0.29, 0.717) is 13.0 Å². The molecule has 0 saturated heterocycles. The summed E-state index contributed by atoms with van der Waals surface area (Å²) in [4.78, 5) is 1.28. The van der Waals surface area contributed by atoms with Crippen molar-refractivity contribution >= 4 is 22.1 Å². The van der Waals surface area contributed by atoms with Crippen LogP contribution in [0.1, 0.15) is 106 Å². The first-order valence-corrected chi connectivity index (χ1v) is 35.4. The molecule has 3 unspecified atom stereocenters. The monoisotopic (exact) mass is 1390 g/mol. The van der Waals surface area contributed by atoms with Gasteiger partial charge in [-0.05, 0) is 181 Å². The fraction of sp³-hybridized carbons (Fsp3) is 0.279. The fourth-order valence-corrected chi connectivity index (χ4v) is 11.7. The van der Waals surface area contributed by atoms with Gasteiger partial charge in [-0.15, -0.1) is 11.3 Å². The first-order chi connectivity index (χ1) is 49.3. The quantitative estimate of drug-likeness (QED) is 0.0286. The molecule has 11 aromatic rings. The third-order valence-electron chi connectivity index (χ3n) is 16.4. The molecule has 0 aliphatic heterocycles. The third kappa shape index (κ3) is 27.2. The number of fused-ring (bicyclic) bond motifs is 1. The molecule has 0 spiro atoms. The van der Waals surface area contributed by atoms with Crippen molar-refractivity contribution in [1.29, 1.82) is 0 Å². The molecule has 1 aromatic heterocycles. The highest BCUT2D eigenvalue weighted by Gasteiger charge is 2.31. The second-order valence-electron chi connectivity index (χ2n) is 23.8. The lowest BCUT2D eigenvalue weighted by Gasteiger charge is -2.21. The Morgan fingerprint density at radius 2 is 0.683 bits per heavy atom. The molecule has 15 heteroatoms. The van der Waals surface area contributed by atoms with Gasteiger partial charge in [-0.25, -0.2) is 0 Å². The van der Waals surface area contributed by atoms with Crippen molar-refractivity contribution in [2.45, 2.75) is 82.6 Å². The summed E-state index contributed by atoms with van der Waals surface area (Å²) >= 11 is 1.75. The van der Waals surface area contributed by atoms with Crippen LogP contribution in [0, 0.1) is 13.8 Å².